The number of benzene rings is 2. The Morgan fingerprint density at radius 2 is 1.96 bits per heavy atom. The number of aryl methyl sites for hydroxylation is 1. The van der Waals surface area contributed by atoms with Gasteiger partial charge in [-0.05, 0) is 42.8 Å². The Labute approximate surface area is 161 Å². The molecule has 0 fully saturated rings. The van der Waals surface area contributed by atoms with Crippen LogP contribution in [-0.4, -0.2) is 38.8 Å². The molecule has 1 heterocycles. The van der Waals surface area contributed by atoms with Gasteiger partial charge in [-0.2, -0.15) is 0 Å². The third-order valence-corrected chi connectivity index (χ3v) is 4.10. The SMILES string of the molecule is COc1cc(C(=O)OCC(=O)Nc2ccc(Cl)cc2C)cc2c1OCCO2. The van der Waals surface area contributed by atoms with Crippen molar-refractivity contribution in [1.29, 1.82) is 0 Å². The molecule has 2 aromatic rings. The van der Waals surface area contributed by atoms with Gasteiger partial charge in [-0.1, -0.05) is 11.6 Å². The first kappa shape index (κ1) is 18.8. The van der Waals surface area contributed by atoms with Crippen LogP contribution in [-0.2, 0) is 9.53 Å². The van der Waals surface area contributed by atoms with E-state index in [0.717, 1.165) is 5.56 Å². The fourth-order valence-corrected chi connectivity index (χ4v) is 2.79. The number of amides is 1. The monoisotopic (exact) mass is 391 g/mol. The van der Waals surface area contributed by atoms with Gasteiger partial charge in [-0.3, -0.25) is 4.79 Å². The van der Waals surface area contributed by atoms with Gasteiger partial charge in [0.1, 0.15) is 13.2 Å². The second-order valence-electron chi connectivity index (χ2n) is 5.79. The number of hydrogen-bond acceptors (Lipinski definition) is 6. The first-order valence-corrected chi connectivity index (χ1v) is 8.56. The summed E-state index contributed by atoms with van der Waals surface area (Å²) in [6, 6.07) is 8.06. The van der Waals surface area contributed by atoms with Crippen molar-refractivity contribution in [3.05, 3.63) is 46.5 Å². The van der Waals surface area contributed by atoms with E-state index in [4.69, 9.17) is 30.5 Å². The molecule has 2 aromatic carbocycles. The van der Waals surface area contributed by atoms with Gasteiger partial charge in [0.25, 0.3) is 5.91 Å². The largest absolute Gasteiger partial charge is 0.493 e. The molecule has 0 radical (unpaired) electrons. The van der Waals surface area contributed by atoms with Crippen molar-refractivity contribution >= 4 is 29.2 Å². The normalized spacial score (nSPS) is 12.3. The molecule has 1 aliphatic heterocycles. The lowest BCUT2D eigenvalue weighted by molar-refractivity contribution is -0.119. The molecule has 0 atom stereocenters. The zero-order chi connectivity index (χ0) is 19.4. The van der Waals surface area contributed by atoms with Crippen LogP contribution in [0.5, 0.6) is 17.2 Å². The van der Waals surface area contributed by atoms with Gasteiger partial charge in [-0.15, -0.1) is 0 Å². The maximum Gasteiger partial charge on any atom is 0.338 e. The van der Waals surface area contributed by atoms with Gasteiger partial charge in [0.2, 0.25) is 5.75 Å². The minimum absolute atomic E-state index is 0.201. The quantitative estimate of drug-likeness (QED) is 0.788. The van der Waals surface area contributed by atoms with E-state index in [1.54, 1.807) is 18.2 Å². The Morgan fingerprint density at radius 1 is 1.19 bits per heavy atom. The zero-order valence-corrected chi connectivity index (χ0v) is 15.6. The molecule has 3 rings (SSSR count). The predicted octanol–water partition coefficient (Wildman–Crippen LogP) is 3.22. The number of carbonyl (C=O) groups excluding carboxylic acids is 2. The molecule has 142 valence electrons. The van der Waals surface area contributed by atoms with E-state index < -0.39 is 18.5 Å². The third kappa shape index (κ3) is 4.43. The maximum absolute atomic E-state index is 12.3. The van der Waals surface area contributed by atoms with Gasteiger partial charge in [0, 0.05) is 10.7 Å². The number of esters is 1. The van der Waals surface area contributed by atoms with Crippen LogP contribution in [0.15, 0.2) is 30.3 Å². The average molecular weight is 392 g/mol. The molecule has 8 heteroatoms. The number of carbonyl (C=O) groups is 2. The van der Waals surface area contributed by atoms with Crippen LogP contribution in [0.4, 0.5) is 5.69 Å². The fraction of sp³-hybridized carbons (Fsp3) is 0.263. The zero-order valence-electron chi connectivity index (χ0n) is 14.8. The molecular weight excluding hydrogens is 374 g/mol. The molecule has 0 bridgehead atoms. The van der Waals surface area contributed by atoms with Crippen molar-refractivity contribution in [3.63, 3.8) is 0 Å². The Morgan fingerprint density at radius 3 is 2.70 bits per heavy atom. The molecule has 1 N–H and O–H groups in total. The molecule has 1 aliphatic rings. The highest BCUT2D eigenvalue weighted by Crippen LogP contribution is 2.40. The van der Waals surface area contributed by atoms with Crippen molar-refractivity contribution < 1.29 is 28.5 Å². The van der Waals surface area contributed by atoms with Gasteiger partial charge in [0.05, 0.1) is 12.7 Å². The summed E-state index contributed by atoms with van der Waals surface area (Å²) in [5.74, 6) is 0.0666. The Balaban J connectivity index is 1.64. The van der Waals surface area contributed by atoms with E-state index in [-0.39, 0.29) is 5.56 Å². The second kappa shape index (κ2) is 8.18. The highest BCUT2D eigenvalue weighted by molar-refractivity contribution is 6.30. The van der Waals surface area contributed by atoms with E-state index in [1.165, 1.54) is 19.2 Å². The summed E-state index contributed by atoms with van der Waals surface area (Å²) in [6.07, 6.45) is 0. The lowest BCUT2D eigenvalue weighted by Gasteiger charge is -2.21. The molecule has 0 saturated carbocycles. The standard InChI is InChI=1S/C19H18ClNO6/c1-11-7-13(20)3-4-14(11)21-17(22)10-27-19(23)12-8-15(24-2)18-16(9-12)25-5-6-26-18/h3-4,7-9H,5-6,10H2,1-2H3,(H,21,22). The van der Waals surface area contributed by atoms with Crippen molar-refractivity contribution in [3.8, 4) is 17.2 Å². The van der Waals surface area contributed by atoms with Gasteiger partial charge in [0.15, 0.2) is 18.1 Å². The summed E-state index contributed by atoms with van der Waals surface area (Å²) in [6.45, 7) is 2.15. The summed E-state index contributed by atoms with van der Waals surface area (Å²) in [5, 5.41) is 3.25. The van der Waals surface area contributed by atoms with E-state index in [9.17, 15) is 9.59 Å². The summed E-state index contributed by atoms with van der Waals surface area (Å²) < 4.78 is 21.3. The van der Waals surface area contributed by atoms with Crippen molar-refractivity contribution in [2.24, 2.45) is 0 Å². The summed E-state index contributed by atoms with van der Waals surface area (Å²) in [7, 11) is 1.46. The average Bonchev–Trinajstić information content (AvgIpc) is 2.67. The molecule has 0 saturated heterocycles. The van der Waals surface area contributed by atoms with Crippen LogP contribution in [0.1, 0.15) is 15.9 Å². The number of hydrogen-bond donors (Lipinski definition) is 1. The molecule has 7 nitrogen and oxygen atoms in total. The van der Waals surface area contributed by atoms with E-state index in [1.807, 2.05) is 6.92 Å². The second-order valence-corrected chi connectivity index (χ2v) is 6.22. The van der Waals surface area contributed by atoms with E-state index in [0.29, 0.717) is 41.2 Å². The molecule has 27 heavy (non-hydrogen) atoms. The summed E-state index contributed by atoms with van der Waals surface area (Å²) >= 11 is 5.89. The van der Waals surface area contributed by atoms with Crippen LogP contribution in [0, 0.1) is 6.92 Å². The van der Waals surface area contributed by atoms with Crippen LogP contribution in [0.2, 0.25) is 5.02 Å². The van der Waals surface area contributed by atoms with Crippen LogP contribution in [0.25, 0.3) is 0 Å². The van der Waals surface area contributed by atoms with Gasteiger partial charge >= 0.3 is 5.97 Å². The number of methoxy groups -OCH3 is 1. The van der Waals surface area contributed by atoms with E-state index in [2.05, 4.69) is 5.32 Å². The summed E-state index contributed by atoms with van der Waals surface area (Å²) in [5.41, 5.74) is 1.60. The number of nitrogens with one attached hydrogen (secondary N) is 1. The van der Waals surface area contributed by atoms with Crippen LogP contribution >= 0.6 is 11.6 Å². The topological polar surface area (TPSA) is 83.1 Å². The fourth-order valence-electron chi connectivity index (χ4n) is 2.56. The maximum atomic E-state index is 12.3. The molecule has 0 aromatic heterocycles. The lowest BCUT2D eigenvalue weighted by Crippen LogP contribution is -2.22. The smallest absolute Gasteiger partial charge is 0.338 e. The van der Waals surface area contributed by atoms with Gasteiger partial charge < -0.3 is 24.3 Å². The van der Waals surface area contributed by atoms with Crippen LogP contribution in [0.3, 0.4) is 0 Å². The molecular formula is C19H18ClNO6. The Kier molecular flexibility index (Phi) is 5.71. The van der Waals surface area contributed by atoms with Crippen molar-refractivity contribution in [2.45, 2.75) is 6.92 Å². The predicted molar refractivity (Wildman–Crippen MR) is 99.1 cm³/mol. The molecule has 0 spiro atoms. The Hall–Kier alpha value is -2.93. The number of fused-ring (bicyclic) bond motifs is 1. The van der Waals surface area contributed by atoms with Crippen molar-refractivity contribution in [2.75, 3.05) is 32.2 Å². The minimum atomic E-state index is -0.673. The molecule has 1 amide bonds. The highest BCUT2D eigenvalue weighted by Gasteiger charge is 2.22. The van der Waals surface area contributed by atoms with Crippen LogP contribution < -0.4 is 19.5 Å². The van der Waals surface area contributed by atoms with Crippen molar-refractivity contribution in [1.82, 2.24) is 0 Å². The van der Waals surface area contributed by atoms with E-state index >= 15 is 0 Å². The first-order valence-electron chi connectivity index (χ1n) is 8.18. The number of rotatable bonds is 5. The molecule has 0 unspecified atom stereocenters. The number of ether oxygens (including phenoxy) is 4. The summed E-state index contributed by atoms with van der Waals surface area (Å²) in [4.78, 5) is 24.3. The highest BCUT2D eigenvalue weighted by atomic mass is 35.5. The number of anilines is 1. The number of halogens is 1. The molecule has 0 aliphatic carbocycles. The minimum Gasteiger partial charge on any atom is -0.493 e. The lowest BCUT2D eigenvalue weighted by atomic mass is 10.1. The third-order valence-electron chi connectivity index (χ3n) is 3.86. The van der Waals surface area contributed by atoms with Gasteiger partial charge in [-0.25, -0.2) is 4.79 Å². The Bertz CT molecular complexity index is 865. The first-order chi connectivity index (χ1) is 13.0.